The van der Waals surface area contributed by atoms with Crippen molar-refractivity contribution in [2.24, 2.45) is 0 Å². The summed E-state index contributed by atoms with van der Waals surface area (Å²) in [6, 6.07) is 4.30. The zero-order valence-electron chi connectivity index (χ0n) is 10.9. The van der Waals surface area contributed by atoms with Crippen molar-refractivity contribution in [1.82, 2.24) is 4.72 Å². The molecule has 0 spiro atoms. The van der Waals surface area contributed by atoms with Crippen LogP contribution in [-0.2, 0) is 14.8 Å². The minimum atomic E-state index is -3.68. The molecule has 106 valence electrons. The fourth-order valence-electron chi connectivity index (χ4n) is 2.05. The van der Waals surface area contributed by atoms with Crippen LogP contribution in [0.15, 0.2) is 23.1 Å². The third-order valence-electron chi connectivity index (χ3n) is 3.16. The van der Waals surface area contributed by atoms with Gasteiger partial charge in [0.2, 0.25) is 10.0 Å². The van der Waals surface area contributed by atoms with E-state index in [1.54, 1.807) is 12.1 Å². The van der Waals surface area contributed by atoms with Crippen molar-refractivity contribution >= 4 is 15.7 Å². The summed E-state index contributed by atoms with van der Waals surface area (Å²) in [5.41, 5.74) is 6.01. The molecule has 19 heavy (non-hydrogen) atoms. The number of benzene rings is 1. The maximum atomic E-state index is 12.4. The molecule has 1 aromatic rings. The van der Waals surface area contributed by atoms with E-state index < -0.39 is 10.0 Å². The van der Waals surface area contributed by atoms with Crippen molar-refractivity contribution in [2.45, 2.75) is 30.4 Å². The molecule has 0 aliphatic carbocycles. The highest BCUT2D eigenvalue weighted by Crippen LogP contribution is 2.27. The summed E-state index contributed by atoms with van der Waals surface area (Å²) in [5, 5.41) is 0. The lowest BCUT2D eigenvalue weighted by molar-refractivity contribution is 0.117. The summed E-state index contributed by atoms with van der Waals surface area (Å²) in [5.74, 6) is 0.272. The second-order valence-electron chi connectivity index (χ2n) is 4.50. The van der Waals surface area contributed by atoms with E-state index in [1.807, 2.05) is 6.92 Å². The SMILES string of the molecule is COc1ccc(N)cc1S(=O)(=O)NC1CCOC1C. The Morgan fingerprint density at radius 1 is 1.47 bits per heavy atom. The second-order valence-corrected chi connectivity index (χ2v) is 6.19. The third kappa shape index (κ3) is 2.99. The Kier molecular flexibility index (Phi) is 3.98. The number of anilines is 1. The number of hydrogen-bond acceptors (Lipinski definition) is 5. The lowest BCUT2D eigenvalue weighted by Gasteiger charge is -2.17. The molecule has 1 aliphatic heterocycles. The predicted molar refractivity (Wildman–Crippen MR) is 71.5 cm³/mol. The van der Waals surface area contributed by atoms with Gasteiger partial charge in [-0.2, -0.15) is 0 Å². The molecule has 7 heteroatoms. The molecule has 1 fully saturated rings. The van der Waals surface area contributed by atoms with Gasteiger partial charge in [0.25, 0.3) is 0 Å². The monoisotopic (exact) mass is 286 g/mol. The van der Waals surface area contributed by atoms with E-state index >= 15 is 0 Å². The summed E-state index contributed by atoms with van der Waals surface area (Å²) in [7, 11) is -2.25. The van der Waals surface area contributed by atoms with E-state index in [-0.39, 0.29) is 22.8 Å². The van der Waals surface area contributed by atoms with Gasteiger partial charge < -0.3 is 15.2 Å². The molecule has 1 aliphatic rings. The molecule has 2 atom stereocenters. The Balaban J connectivity index is 2.31. The Hall–Kier alpha value is -1.31. The minimum Gasteiger partial charge on any atom is -0.495 e. The summed E-state index contributed by atoms with van der Waals surface area (Å²) in [6.07, 6.45) is 0.521. The van der Waals surface area contributed by atoms with Crippen molar-refractivity contribution in [3.8, 4) is 5.75 Å². The van der Waals surface area contributed by atoms with Crippen LogP contribution in [0.25, 0.3) is 0 Å². The molecule has 0 bridgehead atoms. The number of nitrogens with two attached hydrogens (primary N) is 1. The fourth-order valence-corrected chi connectivity index (χ4v) is 3.60. The first kappa shape index (κ1) is 14.1. The molecule has 2 rings (SSSR count). The summed E-state index contributed by atoms with van der Waals surface area (Å²) in [4.78, 5) is 0.0501. The van der Waals surface area contributed by atoms with Crippen LogP contribution in [-0.4, -0.2) is 34.3 Å². The highest BCUT2D eigenvalue weighted by Gasteiger charge is 2.30. The number of ether oxygens (including phenoxy) is 2. The topological polar surface area (TPSA) is 90.7 Å². The van der Waals surface area contributed by atoms with Crippen LogP contribution in [0.3, 0.4) is 0 Å². The van der Waals surface area contributed by atoms with Crippen LogP contribution < -0.4 is 15.2 Å². The molecule has 0 amide bonds. The van der Waals surface area contributed by atoms with Gasteiger partial charge in [-0.25, -0.2) is 13.1 Å². The lowest BCUT2D eigenvalue weighted by atomic mass is 10.2. The largest absolute Gasteiger partial charge is 0.495 e. The average Bonchev–Trinajstić information content (AvgIpc) is 2.74. The molecule has 1 saturated heterocycles. The smallest absolute Gasteiger partial charge is 0.244 e. The number of hydrogen-bond donors (Lipinski definition) is 2. The number of rotatable bonds is 4. The first-order valence-corrected chi connectivity index (χ1v) is 7.50. The van der Waals surface area contributed by atoms with Crippen LogP contribution >= 0.6 is 0 Å². The normalized spacial score (nSPS) is 23.5. The zero-order valence-corrected chi connectivity index (χ0v) is 11.7. The molecular weight excluding hydrogens is 268 g/mol. The van der Waals surface area contributed by atoms with Crippen molar-refractivity contribution in [2.75, 3.05) is 19.5 Å². The maximum absolute atomic E-state index is 12.4. The van der Waals surface area contributed by atoms with Crippen LogP contribution in [0.2, 0.25) is 0 Å². The van der Waals surface area contributed by atoms with Crippen LogP contribution in [0.4, 0.5) is 5.69 Å². The molecule has 1 aromatic carbocycles. The number of nitrogens with one attached hydrogen (secondary N) is 1. The molecule has 3 N–H and O–H groups in total. The summed E-state index contributed by atoms with van der Waals surface area (Å²) >= 11 is 0. The molecular formula is C12H18N2O4S. The molecule has 6 nitrogen and oxygen atoms in total. The van der Waals surface area contributed by atoms with Crippen LogP contribution in [0.5, 0.6) is 5.75 Å². The van der Waals surface area contributed by atoms with Gasteiger partial charge in [0, 0.05) is 12.3 Å². The Morgan fingerprint density at radius 2 is 2.21 bits per heavy atom. The van der Waals surface area contributed by atoms with Crippen LogP contribution in [0.1, 0.15) is 13.3 Å². The van der Waals surface area contributed by atoms with E-state index in [1.165, 1.54) is 13.2 Å². The van der Waals surface area contributed by atoms with Gasteiger partial charge in [-0.3, -0.25) is 0 Å². The lowest BCUT2D eigenvalue weighted by Crippen LogP contribution is -2.39. The second kappa shape index (κ2) is 5.36. The van der Waals surface area contributed by atoms with Crippen LogP contribution in [0, 0.1) is 0 Å². The van der Waals surface area contributed by atoms with Gasteiger partial charge in [0.05, 0.1) is 19.3 Å². The first-order valence-electron chi connectivity index (χ1n) is 6.01. The molecule has 2 unspecified atom stereocenters. The predicted octanol–water partition coefficient (Wildman–Crippen LogP) is 0.733. The van der Waals surface area contributed by atoms with E-state index in [2.05, 4.69) is 4.72 Å². The highest BCUT2D eigenvalue weighted by molar-refractivity contribution is 7.89. The summed E-state index contributed by atoms with van der Waals surface area (Å²) in [6.45, 7) is 2.40. The first-order chi connectivity index (χ1) is 8.94. The maximum Gasteiger partial charge on any atom is 0.244 e. The minimum absolute atomic E-state index is 0.0501. The Labute approximate surface area is 112 Å². The van der Waals surface area contributed by atoms with Gasteiger partial charge in [-0.1, -0.05) is 0 Å². The zero-order chi connectivity index (χ0) is 14.0. The quantitative estimate of drug-likeness (QED) is 0.796. The van der Waals surface area contributed by atoms with E-state index in [9.17, 15) is 8.42 Å². The van der Waals surface area contributed by atoms with Gasteiger partial charge in [0.15, 0.2) is 0 Å². The van der Waals surface area contributed by atoms with Gasteiger partial charge in [-0.15, -0.1) is 0 Å². The van der Waals surface area contributed by atoms with E-state index in [0.717, 1.165) is 0 Å². The molecule has 0 saturated carbocycles. The van der Waals surface area contributed by atoms with Crippen molar-refractivity contribution < 1.29 is 17.9 Å². The van der Waals surface area contributed by atoms with E-state index in [0.29, 0.717) is 18.7 Å². The number of sulfonamides is 1. The summed E-state index contributed by atoms with van der Waals surface area (Å²) < 4.78 is 37.8. The van der Waals surface area contributed by atoms with Crippen molar-refractivity contribution in [1.29, 1.82) is 0 Å². The Morgan fingerprint density at radius 3 is 2.79 bits per heavy atom. The Bertz CT molecular complexity index is 559. The fraction of sp³-hybridized carbons (Fsp3) is 0.500. The average molecular weight is 286 g/mol. The van der Waals surface area contributed by atoms with Crippen molar-refractivity contribution in [3.63, 3.8) is 0 Å². The van der Waals surface area contributed by atoms with Gasteiger partial charge in [-0.05, 0) is 31.5 Å². The van der Waals surface area contributed by atoms with E-state index in [4.69, 9.17) is 15.2 Å². The van der Waals surface area contributed by atoms with Gasteiger partial charge >= 0.3 is 0 Å². The van der Waals surface area contributed by atoms with Gasteiger partial charge in [0.1, 0.15) is 10.6 Å². The molecule has 0 radical (unpaired) electrons. The highest BCUT2D eigenvalue weighted by atomic mass is 32.2. The van der Waals surface area contributed by atoms with Crippen molar-refractivity contribution in [3.05, 3.63) is 18.2 Å². The standard InChI is InChI=1S/C12H18N2O4S/c1-8-10(5-6-18-8)14-19(15,16)12-7-9(13)3-4-11(12)17-2/h3-4,7-8,10,14H,5-6,13H2,1-2H3. The number of nitrogen functional groups attached to an aromatic ring is 1. The molecule has 1 heterocycles. The molecule has 0 aromatic heterocycles. The third-order valence-corrected chi connectivity index (χ3v) is 4.67. The number of methoxy groups -OCH3 is 1.